The van der Waals surface area contributed by atoms with Crippen molar-refractivity contribution in [3.8, 4) is 11.5 Å². The number of rotatable bonds is 10. The summed E-state index contributed by atoms with van der Waals surface area (Å²) in [6, 6.07) is 4.75. The second-order valence-electron chi connectivity index (χ2n) is 9.56. The molecular formula is C27H39ClN2O4. The first-order valence-corrected chi connectivity index (χ1v) is 13.1. The fraction of sp³-hybridized carbons (Fsp3) is 0.630. The number of ether oxygens (including phenoxy) is 2. The molecule has 188 valence electrons. The van der Waals surface area contributed by atoms with E-state index in [0.29, 0.717) is 29.5 Å². The number of alkyl halides is 1. The Morgan fingerprint density at radius 3 is 2.47 bits per heavy atom. The van der Waals surface area contributed by atoms with Gasteiger partial charge in [0.25, 0.3) is 0 Å². The second-order valence-corrected chi connectivity index (χ2v) is 9.83. The maximum Gasteiger partial charge on any atom is 0.247 e. The van der Waals surface area contributed by atoms with E-state index in [9.17, 15) is 9.59 Å². The van der Waals surface area contributed by atoms with Gasteiger partial charge in [-0.25, -0.2) is 0 Å². The Morgan fingerprint density at radius 1 is 1.12 bits per heavy atom. The van der Waals surface area contributed by atoms with Gasteiger partial charge in [-0.05, 0) is 81.4 Å². The summed E-state index contributed by atoms with van der Waals surface area (Å²) in [6.07, 6.45) is 11.7. The highest BCUT2D eigenvalue weighted by Crippen LogP contribution is 2.34. The van der Waals surface area contributed by atoms with Crippen molar-refractivity contribution in [1.82, 2.24) is 10.2 Å². The molecule has 1 atom stereocenters. The van der Waals surface area contributed by atoms with Crippen LogP contribution >= 0.6 is 11.6 Å². The second kappa shape index (κ2) is 13.0. The summed E-state index contributed by atoms with van der Waals surface area (Å²) >= 11 is 6.04. The number of nitrogens with zero attached hydrogens (tertiary/aromatic N) is 1. The SMILES string of the molecule is COc1ccc(C(C(=O)NC2CCC(C)CC2)N(CCC2=CCCCC2)C(=O)CCl)cc1OC. The topological polar surface area (TPSA) is 67.9 Å². The first-order valence-electron chi connectivity index (χ1n) is 12.5. The van der Waals surface area contributed by atoms with E-state index in [1.54, 1.807) is 31.3 Å². The van der Waals surface area contributed by atoms with Crippen LogP contribution in [0.2, 0.25) is 0 Å². The van der Waals surface area contributed by atoms with E-state index in [1.807, 2.05) is 6.07 Å². The number of hydrogen-bond acceptors (Lipinski definition) is 4. The van der Waals surface area contributed by atoms with Gasteiger partial charge in [0.1, 0.15) is 11.9 Å². The van der Waals surface area contributed by atoms with Crippen molar-refractivity contribution < 1.29 is 19.1 Å². The minimum absolute atomic E-state index is 0.125. The van der Waals surface area contributed by atoms with Crippen LogP contribution in [0.5, 0.6) is 11.5 Å². The molecule has 0 radical (unpaired) electrons. The van der Waals surface area contributed by atoms with Crippen LogP contribution in [0.15, 0.2) is 29.8 Å². The van der Waals surface area contributed by atoms with Gasteiger partial charge in [-0.3, -0.25) is 9.59 Å². The molecule has 0 aliphatic heterocycles. The average molecular weight is 491 g/mol. The number of nitrogens with one attached hydrogen (secondary N) is 1. The summed E-state index contributed by atoms with van der Waals surface area (Å²) in [6.45, 7) is 2.71. The molecule has 7 heteroatoms. The van der Waals surface area contributed by atoms with Gasteiger partial charge in [0.2, 0.25) is 11.8 Å². The Kier molecular flexibility index (Phi) is 10.1. The van der Waals surface area contributed by atoms with Gasteiger partial charge in [0.05, 0.1) is 14.2 Å². The van der Waals surface area contributed by atoms with E-state index in [-0.39, 0.29) is 23.7 Å². The number of carbonyl (C=O) groups is 2. The van der Waals surface area contributed by atoms with Crippen LogP contribution in [0.3, 0.4) is 0 Å². The Balaban J connectivity index is 1.90. The van der Waals surface area contributed by atoms with Gasteiger partial charge in [-0.2, -0.15) is 0 Å². The number of amides is 2. The molecule has 0 saturated heterocycles. The molecule has 3 rings (SSSR count). The largest absolute Gasteiger partial charge is 0.493 e. The maximum atomic E-state index is 13.7. The van der Waals surface area contributed by atoms with Crippen LogP contribution in [0, 0.1) is 5.92 Å². The molecule has 0 aromatic heterocycles. The lowest BCUT2D eigenvalue weighted by molar-refractivity contribution is -0.139. The van der Waals surface area contributed by atoms with Crippen molar-refractivity contribution in [2.45, 2.75) is 76.8 Å². The Hall–Kier alpha value is -2.21. The molecule has 2 aliphatic carbocycles. The third-order valence-electron chi connectivity index (χ3n) is 7.14. The fourth-order valence-electron chi connectivity index (χ4n) is 5.05. The minimum atomic E-state index is -0.783. The highest BCUT2D eigenvalue weighted by atomic mass is 35.5. The van der Waals surface area contributed by atoms with E-state index >= 15 is 0 Å². The third kappa shape index (κ3) is 6.91. The molecule has 0 bridgehead atoms. The summed E-state index contributed by atoms with van der Waals surface area (Å²) in [4.78, 5) is 28.4. The van der Waals surface area contributed by atoms with Gasteiger partial charge in [0, 0.05) is 12.6 Å². The highest BCUT2D eigenvalue weighted by Gasteiger charge is 2.33. The Labute approximate surface area is 209 Å². The summed E-state index contributed by atoms with van der Waals surface area (Å²) in [5.74, 6) is 1.21. The number of hydrogen-bond donors (Lipinski definition) is 1. The molecule has 1 aromatic rings. The zero-order chi connectivity index (χ0) is 24.5. The minimum Gasteiger partial charge on any atom is -0.493 e. The van der Waals surface area contributed by atoms with E-state index in [0.717, 1.165) is 44.9 Å². The Bertz CT molecular complexity index is 864. The maximum absolute atomic E-state index is 13.7. The first-order chi connectivity index (χ1) is 16.5. The van der Waals surface area contributed by atoms with Crippen molar-refractivity contribution in [3.63, 3.8) is 0 Å². The molecule has 1 N–H and O–H groups in total. The Morgan fingerprint density at radius 2 is 1.85 bits per heavy atom. The molecule has 1 saturated carbocycles. The van der Waals surface area contributed by atoms with Crippen LogP contribution in [0.1, 0.15) is 76.3 Å². The van der Waals surface area contributed by atoms with E-state index < -0.39 is 6.04 Å². The molecule has 0 heterocycles. The first kappa shape index (κ1) is 26.4. The van der Waals surface area contributed by atoms with Gasteiger partial charge in [0.15, 0.2) is 11.5 Å². The number of allylic oxidation sites excluding steroid dienone is 1. The van der Waals surface area contributed by atoms with E-state index in [1.165, 1.54) is 18.4 Å². The van der Waals surface area contributed by atoms with Crippen molar-refractivity contribution in [2.75, 3.05) is 26.6 Å². The quantitative estimate of drug-likeness (QED) is 0.352. The number of benzene rings is 1. The van der Waals surface area contributed by atoms with Gasteiger partial charge in [-0.1, -0.05) is 24.6 Å². The van der Waals surface area contributed by atoms with Crippen LogP contribution < -0.4 is 14.8 Å². The molecule has 2 aliphatic rings. The normalized spacial score (nSPS) is 21.2. The molecule has 6 nitrogen and oxygen atoms in total. The predicted molar refractivity (Wildman–Crippen MR) is 135 cm³/mol. The van der Waals surface area contributed by atoms with Crippen molar-refractivity contribution in [3.05, 3.63) is 35.4 Å². The lowest BCUT2D eigenvalue weighted by Crippen LogP contribution is -2.48. The van der Waals surface area contributed by atoms with Crippen LogP contribution in [-0.2, 0) is 9.59 Å². The third-order valence-corrected chi connectivity index (χ3v) is 7.37. The highest BCUT2D eigenvalue weighted by molar-refractivity contribution is 6.27. The number of methoxy groups -OCH3 is 2. The zero-order valence-corrected chi connectivity index (χ0v) is 21.5. The summed E-state index contributed by atoms with van der Waals surface area (Å²) < 4.78 is 10.9. The van der Waals surface area contributed by atoms with E-state index in [4.69, 9.17) is 21.1 Å². The lowest BCUT2D eigenvalue weighted by Gasteiger charge is -2.34. The van der Waals surface area contributed by atoms with Gasteiger partial charge < -0.3 is 19.7 Å². The average Bonchev–Trinajstić information content (AvgIpc) is 2.87. The number of halogens is 1. The molecule has 1 aromatic carbocycles. The van der Waals surface area contributed by atoms with Crippen molar-refractivity contribution >= 4 is 23.4 Å². The van der Waals surface area contributed by atoms with Crippen LogP contribution in [0.4, 0.5) is 0 Å². The fourth-order valence-corrected chi connectivity index (χ4v) is 5.20. The molecule has 2 amide bonds. The van der Waals surface area contributed by atoms with Crippen molar-refractivity contribution in [1.29, 1.82) is 0 Å². The monoisotopic (exact) mass is 490 g/mol. The number of carbonyl (C=O) groups excluding carboxylic acids is 2. The molecule has 0 spiro atoms. The summed E-state index contributed by atoms with van der Waals surface area (Å²) in [5, 5.41) is 3.24. The van der Waals surface area contributed by atoms with Gasteiger partial charge in [-0.15, -0.1) is 11.6 Å². The molecular weight excluding hydrogens is 452 g/mol. The molecule has 1 unspecified atom stereocenters. The van der Waals surface area contributed by atoms with Crippen LogP contribution in [0.25, 0.3) is 0 Å². The summed E-state index contributed by atoms with van der Waals surface area (Å²) in [5.41, 5.74) is 2.04. The standard InChI is InChI=1S/C27H39ClN2O4/c1-19-9-12-22(13-10-19)29-27(32)26(21-11-14-23(33-2)24(17-21)34-3)30(25(31)18-28)16-15-20-7-5-4-6-8-20/h7,11,14,17,19,22,26H,4-6,8-10,12-13,15-16,18H2,1-3H3,(H,29,32). The molecule has 34 heavy (non-hydrogen) atoms. The van der Waals surface area contributed by atoms with Crippen LogP contribution in [-0.4, -0.2) is 49.4 Å². The summed E-state index contributed by atoms with van der Waals surface area (Å²) in [7, 11) is 3.14. The lowest BCUT2D eigenvalue weighted by atomic mass is 9.87. The van der Waals surface area contributed by atoms with Gasteiger partial charge >= 0.3 is 0 Å². The zero-order valence-electron chi connectivity index (χ0n) is 20.8. The predicted octanol–water partition coefficient (Wildman–Crippen LogP) is 5.40. The smallest absolute Gasteiger partial charge is 0.247 e. The van der Waals surface area contributed by atoms with Crippen molar-refractivity contribution in [2.24, 2.45) is 5.92 Å². The molecule has 1 fully saturated rings. The van der Waals surface area contributed by atoms with E-state index in [2.05, 4.69) is 18.3 Å².